The molecule has 94 valence electrons. The zero-order valence-corrected chi connectivity index (χ0v) is 9.84. The number of aromatic nitrogens is 2. The highest BCUT2D eigenvalue weighted by molar-refractivity contribution is 5.68. The Morgan fingerprint density at radius 1 is 1.59 bits per heavy atom. The molecule has 2 heterocycles. The van der Waals surface area contributed by atoms with E-state index in [2.05, 4.69) is 15.1 Å². The Labute approximate surface area is 98.4 Å². The lowest BCUT2D eigenvalue weighted by Gasteiger charge is -2.46. The summed E-state index contributed by atoms with van der Waals surface area (Å²) < 4.78 is 10.5. The Morgan fingerprint density at radius 2 is 2.29 bits per heavy atom. The van der Waals surface area contributed by atoms with E-state index in [-0.39, 0.29) is 12.2 Å². The minimum absolute atomic E-state index is 0.260. The van der Waals surface area contributed by atoms with Crippen molar-refractivity contribution in [2.24, 2.45) is 0 Å². The maximum atomic E-state index is 10.4. The monoisotopic (exact) mass is 241 g/mol. The van der Waals surface area contributed by atoms with E-state index in [1.165, 1.54) is 0 Å². The number of aliphatic carboxylic acids is 1. The van der Waals surface area contributed by atoms with Crippen LogP contribution in [-0.2, 0) is 16.1 Å². The zero-order valence-electron chi connectivity index (χ0n) is 9.84. The summed E-state index contributed by atoms with van der Waals surface area (Å²) >= 11 is 0. The number of carboxylic acids is 1. The van der Waals surface area contributed by atoms with Crippen molar-refractivity contribution in [2.45, 2.75) is 26.0 Å². The summed E-state index contributed by atoms with van der Waals surface area (Å²) in [4.78, 5) is 12.5. The van der Waals surface area contributed by atoms with E-state index in [0.717, 1.165) is 0 Å². The number of nitrogens with zero attached hydrogens (tertiary/aromatic N) is 3. The van der Waals surface area contributed by atoms with Crippen LogP contribution < -0.4 is 0 Å². The quantitative estimate of drug-likeness (QED) is 0.779. The third kappa shape index (κ3) is 3.01. The van der Waals surface area contributed by atoms with E-state index in [1.54, 1.807) is 6.92 Å². The van der Waals surface area contributed by atoms with Crippen molar-refractivity contribution in [2.75, 3.05) is 19.7 Å². The average molecular weight is 241 g/mol. The van der Waals surface area contributed by atoms with E-state index in [4.69, 9.17) is 14.3 Å². The first-order chi connectivity index (χ1) is 7.97. The predicted octanol–water partition coefficient (Wildman–Crippen LogP) is 0.0535. The van der Waals surface area contributed by atoms with Crippen LogP contribution in [0, 0.1) is 6.92 Å². The number of hydrogen-bond acceptors (Lipinski definition) is 6. The molecule has 7 nitrogen and oxygen atoms in total. The molecule has 0 aliphatic carbocycles. The molecule has 17 heavy (non-hydrogen) atoms. The second-order valence-electron chi connectivity index (χ2n) is 4.49. The van der Waals surface area contributed by atoms with Gasteiger partial charge in [0.15, 0.2) is 0 Å². The van der Waals surface area contributed by atoms with Crippen LogP contribution in [0.15, 0.2) is 4.42 Å². The summed E-state index contributed by atoms with van der Waals surface area (Å²) in [5, 5.41) is 16.2. The lowest BCUT2D eigenvalue weighted by atomic mass is 9.96. The fourth-order valence-corrected chi connectivity index (χ4v) is 1.93. The van der Waals surface area contributed by atoms with Crippen LogP contribution in [0.3, 0.4) is 0 Å². The molecule has 1 aliphatic rings. The Kier molecular flexibility index (Phi) is 3.12. The third-order valence-corrected chi connectivity index (χ3v) is 2.59. The second-order valence-corrected chi connectivity index (χ2v) is 4.49. The van der Waals surface area contributed by atoms with Crippen molar-refractivity contribution in [1.82, 2.24) is 15.1 Å². The van der Waals surface area contributed by atoms with Crippen LogP contribution in [0.2, 0.25) is 0 Å². The van der Waals surface area contributed by atoms with Gasteiger partial charge in [-0.25, -0.2) is 4.79 Å². The third-order valence-electron chi connectivity index (χ3n) is 2.59. The summed E-state index contributed by atoms with van der Waals surface area (Å²) in [5.74, 6) is 0.172. The van der Waals surface area contributed by atoms with E-state index < -0.39 is 5.97 Å². The number of carbonyl (C=O) groups is 1. The average Bonchev–Trinajstić information content (AvgIpc) is 2.59. The van der Waals surface area contributed by atoms with Crippen LogP contribution in [0.25, 0.3) is 0 Å². The Morgan fingerprint density at radius 3 is 2.82 bits per heavy atom. The largest absolute Gasteiger partial charge is 0.480 e. The topological polar surface area (TPSA) is 88.7 Å². The van der Waals surface area contributed by atoms with Gasteiger partial charge in [-0.1, -0.05) is 0 Å². The first-order valence-corrected chi connectivity index (χ1v) is 5.34. The Bertz CT molecular complexity index is 411. The molecule has 1 aliphatic heterocycles. The van der Waals surface area contributed by atoms with E-state index in [1.807, 2.05) is 6.92 Å². The van der Waals surface area contributed by atoms with Gasteiger partial charge in [0.2, 0.25) is 11.8 Å². The van der Waals surface area contributed by atoms with Gasteiger partial charge in [0, 0.05) is 20.0 Å². The summed E-state index contributed by atoms with van der Waals surface area (Å²) in [6.45, 7) is 5.29. The molecule has 0 radical (unpaired) electrons. The maximum absolute atomic E-state index is 10.4. The van der Waals surface area contributed by atoms with Crippen LogP contribution in [-0.4, -0.2) is 51.5 Å². The van der Waals surface area contributed by atoms with Gasteiger partial charge in [-0.3, -0.25) is 4.90 Å². The molecule has 0 spiro atoms. The minimum Gasteiger partial charge on any atom is -0.480 e. The Balaban J connectivity index is 1.76. The molecule has 1 N–H and O–H groups in total. The van der Waals surface area contributed by atoms with Crippen molar-refractivity contribution in [3.63, 3.8) is 0 Å². The van der Waals surface area contributed by atoms with Crippen molar-refractivity contribution in [3.05, 3.63) is 11.8 Å². The molecule has 1 fully saturated rings. The van der Waals surface area contributed by atoms with Crippen molar-refractivity contribution >= 4 is 5.97 Å². The smallest absolute Gasteiger partial charge is 0.329 e. The highest BCUT2D eigenvalue weighted by Gasteiger charge is 2.40. The molecule has 0 bridgehead atoms. The molecule has 1 aromatic heterocycles. The van der Waals surface area contributed by atoms with Gasteiger partial charge in [-0.2, -0.15) is 0 Å². The lowest BCUT2D eigenvalue weighted by molar-refractivity contribution is -0.166. The first-order valence-electron chi connectivity index (χ1n) is 5.34. The highest BCUT2D eigenvalue weighted by Crippen LogP contribution is 2.25. The van der Waals surface area contributed by atoms with Crippen molar-refractivity contribution < 1.29 is 19.1 Å². The maximum Gasteiger partial charge on any atom is 0.329 e. The van der Waals surface area contributed by atoms with E-state index in [0.29, 0.717) is 31.4 Å². The molecule has 0 unspecified atom stereocenters. The molecule has 0 amide bonds. The van der Waals surface area contributed by atoms with E-state index in [9.17, 15) is 4.79 Å². The van der Waals surface area contributed by atoms with Gasteiger partial charge in [-0.15, -0.1) is 10.2 Å². The molecular formula is C10H15N3O4. The first kappa shape index (κ1) is 12.0. The molecule has 1 saturated heterocycles. The minimum atomic E-state index is -0.947. The predicted molar refractivity (Wildman–Crippen MR) is 56.3 cm³/mol. The normalized spacial score (nSPS) is 18.9. The van der Waals surface area contributed by atoms with Gasteiger partial charge < -0.3 is 14.3 Å². The summed E-state index contributed by atoms with van der Waals surface area (Å²) in [6.07, 6.45) is 0. The fourth-order valence-electron chi connectivity index (χ4n) is 1.93. The highest BCUT2D eigenvalue weighted by atomic mass is 16.5. The molecule has 7 heteroatoms. The van der Waals surface area contributed by atoms with E-state index >= 15 is 0 Å². The van der Waals surface area contributed by atoms with Crippen LogP contribution >= 0.6 is 0 Å². The lowest BCUT2D eigenvalue weighted by Crippen LogP contribution is -2.61. The van der Waals surface area contributed by atoms with Crippen LogP contribution in [0.4, 0.5) is 0 Å². The number of aryl methyl sites for hydroxylation is 1. The molecule has 0 aromatic carbocycles. The number of ether oxygens (including phenoxy) is 1. The molecule has 2 rings (SSSR count). The van der Waals surface area contributed by atoms with Crippen LogP contribution in [0.1, 0.15) is 18.7 Å². The second kappa shape index (κ2) is 4.42. The molecule has 0 atom stereocenters. The number of carboxylic acid groups (broad SMARTS) is 1. The Hall–Kier alpha value is -1.47. The molecular weight excluding hydrogens is 226 g/mol. The van der Waals surface area contributed by atoms with Gasteiger partial charge in [0.25, 0.3) is 0 Å². The van der Waals surface area contributed by atoms with Crippen LogP contribution in [0.5, 0.6) is 0 Å². The summed E-state index contributed by atoms with van der Waals surface area (Å²) in [6, 6.07) is 0. The van der Waals surface area contributed by atoms with Crippen molar-refractivity contribution in [1.29, 1.82) is 0 Å². The number of hydrogen-bond donors (Lipinski definition) is 1. The zero-order chi connectivity index (χ0) is 12.5. The number of rotatable bonds is 5. The van der Waals surface area contributed by atoms with Gasteiger partial charge in [-0.05, 0) is 6.92 Å². The molecule has 0 saturated carbocycles. The summed E-state index contributed by atoms with van der Waals surface area (Å²) in [7, 11) is 0. The van der Waals surface area contributed by atoms with Gasteiger partial charge >= 0.3 is 5.97 Å². The fraction of sp³-hybridized carbons (Fsp3) is 0.700. The van der Waals surface area contributed by atoms with Crippen molar-refractivity contribution in [3.8, 4) is 0 Å². The number of likely N-dealkylation sites (tertiary alicyclic amines) is 1. The SMILES string of the molecule is Cc1nnc(CN2CC(C)(OCC(=O)O)C2)o1. The van der Waals surface area contributed by atoms with Gasteiger partial charge in [0.05, 0.1) is 12.1 Å². The van der Waals surface area contributed by atoms with Gasteiger partial charge in [0.1, 0.15) is 6.61 Å². The standard InChI is InChI=1S/C10H15N3O4/c1-7-11-12-8(17-7)3-13-5-10(2,6-13)16-4-9(14)15/h3-6H2,1-2H3,(H,14,15). The molecule has 1 aromatic rings. The summed E-state index contributed by atoms with van der Waals surface area (Å²) in [5.41, 5.74) is -0.381.